The smallest absolute Gasteiger partial charge is 0.407 e. The van der Waals surface area contributed by atoms with E-state index >= 15 is 8.78 Å². The van der Waals surface area contributed by atoms with Crippen LogP contribution in [-0.2, 0) is 27.2 Å². The Morgan fingerprint density at radius 2 is 1.73 bits per heavy atom. The predicted octanol–water partition coefficient (Wildman–Crippen LogP) is 4.36. The van der Waals surface area contributed by atoms with E-state index in [0.29, 0.717) is 49.4 Å². The van der Waals surface area contributed by atoms with E-state index in [9.17, 15) is 36.6 Å². The summed E-state index contributed by atoms with van der Waals surface area (Å²) < 4.78 is 107. The van der Waals surface area contributed by atoms with Gasteiger partial charge in [0, 0.05) is 79.6 Å². The molecule has 2 aromatic carbocycles. The van der Waals surface area contributed by atoms with Gasteiger partial charge in [0.2, 0.25) is 5.91 Å². The standard InChI is InChI=1S/C43H49F7N8O5/c1-42(2,43(48,49)50)38(56-41(61)62-3)39(60)55-35(36(59)23-52-22-31-32(44)19-29(20-33(31)45)34(51)12-13-53-40(46)47)18-27-7-4-26(5-8-27)6-9-28-10-11-37(54-21-28)58-15-14-57-16-17-63-25-30(57)24-58/h4-5,7-8,10-13,19-21,30,35-36,38,40,52,59H,14-18,22-25,51H2,1-3H3,(H,55,60)(H,56,61)/t30-,35+,36+,38-/m1/s1. The molecule has 0 bridgehead atoms. The molecule has 5 rings (SSSR count). The summed E-state index contributed by atoms with van der Waals surface area (Å²) in [7, 11) is 0.913. The van der Waals surface area contributed by atoms with Crippen LogP contribution in [0.3, 0.4) is 0 Å². The first kappa shape index (κ1) is 48.3. The summed E-state index contributed by atoms with van der Waals surface area (Å²) in [6, 6.07) is 8.97. The molecule has 6 N–H and O–H groups in total. The Labute approximate surface area is 359 Å². The number of hydrogen-bond acceptors (Lipinski definition) is 11. The van der Waals surface area contributed by atoms with Crippen molar-refractivity contribution in [1.29, 1.82) is 0 Å². The number of aliphatic hydroxyl groups is 1. The Morgan fingerprint density at radius 1 is 1.05 bits per heavy atom. The molecule has 0 radical (unpaired) electrons. The number of pyridine rings is 1. The fourth-order valence-electron chi connectivity index (χ4n) is 6.90. The third kappa shape index (κ3) is 13.1. The number of alkyl carbamates (subject to hydrolysis) is 1. The van der Waals surface area contributed by atoms with Gasteiger partial charge in [0.05, 0.1) is 43.9 Å². The molecule has 1 aromatic heterocycles. The number of piperazine rings is 1. The van der Waals surface area contributed by atoms with Crippen molar-refractivity contribution in [3.8, 4) is 11.8 Å². The van der Waals surface area contributed by atoms with Crippen LogP contribution in [0.4, 0.5) is 41.3 Å². The largest absolute Gasteiger partial charge is 0.453 e. The first-order chi connectivity index (χ1) is 29.9. The first-order valence-electron chi connectivity index (χ1n) is 19.9. The number of hydrogen-bond donors (Lipinski definition) is 5. The van der Waals surface area contributed by atoms with Gasteiger partial charge in [-0.3, -0.25) is 9.69 Å². The lowest BCUT2D eigenvalue weighted by atomic mass is 9.82. The second-order valence-electron chi connectivity index (χ2n) is 15.5. The summed E-state index contributed by atoms with van der Waals surface area (Å²) >= 11 is 0. The topological polar surface area (TPSA) is 167 Å². The minimum absolute atomic E-state index is 0.149. The molecule has 20 heteroatoms. The van der Waals surface area contributed by atoms with E-state index < -0.39 is 78.6 Å². The Balaban J connectivity index is 1.29. The molecule has 3 heterocycles. The molecule has 63 heavy (non-hydrogen) atoms. The highest BCUT2D eigenvalue weighted by atomic mass is 19.4. The number of nitrogens with one attached hydrogen (secondary N) is 3. The van der Waals surface area contributed by atoms with E-state index in [2.05, 4.69) is 47.0 Å². The number of fused-ring (bicyclic) bond motifs is 1. The van der Waals surface area contributed by atoms with Crippen LogP contribution in [0.1, 0.15) is 41.7 Å². The van der Waals surface area contributed by atoms with Crippen LogP contribution in [-0.4, -0.2) is 123 Å². The molecular formula is C43H49F7N8O5. The van der Waals surface area contributed by atoms with Crippen LogP contribution in [0.25, 0.3) is 5.70 Å². The van der Waals surface area contributed by atoms with Gasteiger partial charge in [0.15, 0.2) is 0 Å². The second-order valence-corrected chi connectivity index (χ2v) is 15.5. The van der Waals surface area contributed by atoms with Crippen molar-refractivity contribution in [3.63, 3.8) is 0 Å². The molecular weight excluding hydrogens is 842 g/mol. The molecule has 0 unspecified atom stereocenters. The van der Waals surface area contributed by atoms with Gasteiger partial charge in [-0.2, -0.15) is 22.0 Å². The zero-order chi connectivity index (χ0) is 45.9. The van der Waals surface area contributed by atoms with Crippen LogP contribution in [0.2, 0.25) is 0 Å². The van der Waals surface area contributed by atoms with Crippen LogP contribution >= 0.6 is 0 Å². The number of amides is 2. The lowest BCUT2D eigenvalue weighted by molar-refractivity contribution is -0.220. The molecule has 2 aliphatic rings. The van der Waals surface area contributed by atoms with E-state index in [1.807, 2.05) is 17.4 Å². The third-order valence-electron chi connectivity index (χ3n) is 10.8. The predicted molar refractivity (Wildman–Crippen MR) is 221 cm³/mol. The normalized spacial score (nSPS) is 17.7. The van der Waals surface area contributed by atoms with Crippen molar-refractivity contribution in [2.24, 2.45) is 16.1 Å². The van der Waals surface area contributed by atoms with Crippen molar-refractivity contribution >= 4 is 29.7 Å². The van der Waals surface area contributed by atoms with E-state index in [4.69, 9.17) is 10.5 Å². The molecule has 0 spiro atoms. The van der Waals surface area contributed by atoms with Gasteiger partial charge in [-0.15, -0.1) is 0 Å². The highest BCUT2D eigenvalue weighted by Gasteiger charge is 2.56. The number of aliphatic hydroxyl groups excluding tert-OH is 1. The Hall–Kier alpha value is -5.75. The molecule has 13 nitrogen and oxygen atoms in total. The van der Waals surface area contributed by atoms with Crippen LogP contribution < -0.4 is 26.6 Å². The SMILES string of the molecule is COC(=O)N[C@H](C(=O)N[C@@H](Cc1ccc(C#Cc2ccc(N3CCN4CCOC[C@H]4C3)nc2)cc1)[C@@H](O)CNCc1c(F)cc(C(N)=CC=NC(F)F)cc1F)C(C)(C)C(F)(F)F. The zero-order valence-electron chi connectivity index (χ0n) is 34.7. The molecule has 2 fully saturated rings. The van der Waals surface area contributed by atoms with Gasteiger partial charge in [0.25, 0.3) is 0 Å². The molecule has 0 saturated carbocycles. The number of anilines is 1. The summed E-state index contributed by atoms with van der Waals surface area (Å²) in [6.45, 7) is 2.45. The number of morpholine rings is 1. The summed E-state index contributed by atoms with van der Waals surface area (Å²) in [4.78, 5) is 37.8. The van der Waals surface area contributed by atoms with Crippen molar-refractivity contribution in [3.05, 3.63) is 100 Å². The summed E-state index contributed by atoms with van der Waals surface area (Å²) in [5, 5.41) is 18.4. The number of aliphatic imine (C=N–C) groups is 1. The minimum Gasteiger partial charge on any atom is -0.453 e. The number of alkyl halides is 5. The Kier molecular flexibility index (Phi) is 16.5. The minimum atomic E-state index is -4.98. The van der Waals surface area contributed by atoms with Crippen LogP contribution in [0.5, 0.6) is 0 Å². The van der Waals surface area contributed by atoms with Gasteiger partial charge in [-0.1, -0.05) is 24.0 Å². The molecule has 0 aliphatic carbocycles. The Morgan fingerprint density at radius 3 is 2.37 bits per heavy atom. The van der Waals surface area contributed by atoms with E-state index in [1.165, 1.54) is 0 Å². The number of carbonyl (C=O) groups is 2. The number of aromatic nitrogens is 1. The number of allylic oxidation sites excluding steroid dienone is 1. The summed E-state index contributed by atoms with van der Waals surface area (Å²) in [5.74, 6) is 3.55. The number of halogens is 7. The number of benzene rings is 2. The number of nitrogens with zero attached hydrogens (tertiary/aromatic N) is 4. The average molecular weight is 891 g/mol. The molecule has 4 atom stereocenters. The monoisotopic (exact) mass is 890 g/mol. The van der Waals surface area contributed by atoms with Crippen molar-refractivity contribution in [2.75, 3.05) is 57.9 Å². The molecule has 3 aromatic rings. The maximum atomic E-state index is 15.0. The van der Waals surface area contributed by atoms with Gasteiger partial charge < -0.3 is 41.2 Å². The molecule has 340 valence electrons. The van der Waals surface area contributed by atoms with E-state index in [1.54, 1.807) is 30.5 Å². The quantitative estimate of drug-likeness (QED) is 0.0641. The number of methoxy groups -OCH3 is 1. The fraction of sp³-hybridized carbons (Fsp3) is 0.442. The maximum absolute atomic E-state index is 15.0. The van der Waals surface area contributed by atoms with Crippen LogP contribution in [0, 0.1) is 28.9 Å². The number of carbonyl (C=O) groups excluding carboxylic acids is 2. The van der Waals surface area contributed by atoms with Gasteiger partial charge in [-0.25, -0.2) is 23.6 Å². The maximum Gasteiger partial charge on any atom is 0.407 e. The second kappa shape index (κ2) is 21.6. The number of nitrogens with two attached hydrogens (primary N) is 1. The van der Waals surface area contributed by atoms with Crippen molar-refractivity contribution in [1.82, 2.24) is 25.8 Å². The molecule has 2 amide bonds. The summed E-state index contributed by atoms with van der Waals surface area (Å²) in [5.41, 5.74) is 3.83. The number of rotatable bonds is 15. The lowest BCUT2D eigenvalue weighted by Gasteiger charge is -2.44. The third-order valence-corrected chi connectivity index (χ3v) is 10.8. The summed E-state index contributed by atoms with van der Waals surface area (Å²) in [6.07, 6.45) is -4.69. The van der Waals surface area contributed by atoms with Gasteiger partial charge in [-0.05, 0) is 68.3 Å². The average Bonchev–Trinajstić information content (AvgIpc) is 3.25. The molecule has 2 saturated heterocycles. The van der Waals surface area contributed by atoms with Crippen molar-refractivity contribution < 1.29 is 54.9 Å². The van der Waals surface area contributed by atoms with Crippen molar-refractivity contribution in [2.45, 2.75) is 63.8 Å². The van der Waals surface area contributed by atoms with E-state index in [0.717, 1.165) is 63.9 Å². The van der Waals surface area contributed by atoms with E-state index in [-0.39, 0.29) is 17.7 Å². The molecule has 2 aliphatic heterocycles. The Bertz CT molecular complexity index is 2140. The highest BCUT2D eigenvalue weighted by molar-refractivity contribution is 5.87. The van der Waals surface area contributed by atoms with Crippen LogP contribution in [0.15, 0.2) is 65.8 Å². The van der Waals surface area contributed by atoms with Gasteiger partial charge >= 0.3 is 18.8 Å². The zero-order valence-corrected chi connectivity index (χ0v) is 34.7. The van der Waals surface area contributed by atoms with Gasteiger partial charge in [0.1, 0.15) is 23.5 Å². The highest BCUT2D eigenvalue weighted by Crippen LogP contribution is 2.40. The fourth-order valence-corrected chi connectivity index (χ4v) is 6.90. The lowest BCUT2D eigenvalue weighted by Crippen LogP contribution is -2.62. The number of ether oxygens (including phenoxy) is 2. The first-order valence-corrected chi connectivity index (χ1v) is 19.9.